The number of halogens is 2. The quantitative estimate of drug-likeness (QED) is 0.321. The number of alkyl halides is 2. The van der Waals surface area contributed by atoms with Crippen molar-refractivity contribution in [3.8, 4) is 17.1 Å². The van der Waals surface area contributed by atoms with Crippen molar-refractivity contribution >= 4 is 17.3 Å². The number of pyridine rings is 2. The number of ether oxygens (including phenoxy) is 1. The number of hydrogen-bond donors (Lipinski definition) is 3. The van der Waals surface area contributed by atoms with Crippen molar-refractivity contribution in [3.63, 3.8) is 0 Å². The molecule has 0 aromatic carbocycles. The normalized spacial score (nSPS) is 22.3. The first-order valence-corrected chi connectivity index (χ1v) is 12.3. The van der Waals surface area contributed by atoms with Gasteiger partial charge < -0.3 is 20.4 Å². The summed E-state index contributed by atoms with van der Waals surface area (Å²) in [5, 5.41) is 2.98. The first kappa shape index (κ1) is 24.0. The Morgan fingerprint density at radius 1 is 1.26 bits per heavy atom. The van der Waals surface area contributed by atoms with Gasteiger partial charge in [0.2, 0.25) is 11.6 Å². The molecule has 2 amide bonds. The number of nitrogens with two attached hydrogens (primary N) is 1. The van der Waals surface area contributed by atoms with Crippen LogP contribution in [0.1, 0.15) is 58.8 Å². The van der Waals surface area contributed by atoms with E-state index in [1.807, 2.05) is 7.05 Å². The summed E-state index contributed by atoms with van der Waals surface area (Å²) < 4.78 is 36.7. The van der Waals surface area contributed by atoms with Crippen LogP contribution in [0.3, 0.4) is 0 Å². The molecule has 0 bridgehead atoms. The minimum atomic E-state index is -2.79. The number of aromatic nitrogens is 5. The van der Waals surface area contributed by atoms with Crippen molar-refractivity contribution in [1.29, 1.82) is 0 Å². The van der Waals surface area contributed by atoms with Gasteiger partial charge >= 0.3 is 12.2 Å². The summed E-state index contributed by atoms with van der Waals surface area (Å²) in [5.41, 5.74) is 7.64. The summed E-state index contributed by atoms with van der Waals surface area (Å²) in [4.78, 5) is 35.5. The third-order valence-electron chi connectivity index (χ3n) is 7.59. The Bertz CT molecular complexity index is 1550. The predicted molar refractivity (Wildman–Crippen MR) is 130 cm³/mol. The fraction of sp³-hybridized carbons (Fsp3) is 0.346. The lowest BCUT2D eigenvalue weighted by molar-refractivity contribution is -0.528. The highest BCUT2D eigenvalue weighted by Crippen LogP contribution is 2.56. The summed E-state index contributed by atoms with van der Waals surface area (Å²) >= 11 is 0. The number of aromatic amines is 1. The predicted octanol–water partition coefficient (Wildman–Crippen LogP) is 2.71. The number of nitrogens with one attached hydrogen (secondary N) is 2. The van der Waals surface area contributed by atoms with E-state index < -0.39 is 18.2 Å². The molecule has 0 unspecified atom stereocenters. The SMILES string of the molecule is Cn1cncc1-c1ccc2c(C(=O)NC3CC4(C3)CC(Oc3ncccc3C(N)=O)C4)[nH]c(C(F)F)[n+]2c1. The van der Waals surface area contributed by atoms with Gasteiger partial charge in [-0.3, -0.25) is 9.59 Å². The van der Waals surface area contributed by atoms with Crippen LogP contribution in [-0.2, 0) is 7.05 Å². The maximum absolute atomic E-state index is 13.8. The lowest BCUT2D eigenvalue weighted by Gasteiger charge is -2.57. The minimum Gasteiger partial charge on any atom is -0.474 e. The molecule has 4 aromatic rings. The Kier molecular flexibility index (Phi) is 5.62. The average molecular weight is 523 g/mol. The van der Waals surface area contributed by atoms with Gasteiger partial charge in [0.25, 0.3) is 11.8 Å². The van der Waals surface area contributed by atoms with Crippen LogP contribution in [0.15, 0.2) is 49.2 Å². The molecule has 0 aliphatic heterocycles. The van der Waals surface area contributed by atoms with E-state index in [0.29, 0.717) is 11.1 Å². The summed E-state index contributed by atoms with van der Waals surface area (Å²) in [5.74, 6) is -1.13. The van der Waals surface area contributed by atoms with Gasteiger partial charge in [-0.05, 0) is 55.4 Å². The highest BCUT2D eigenvalue weighted by Gasteiger charge is 2.54. The third kappa shape index (κ3) is 4.05. The Hall–Kier alpha value is -4.35. The number of rotatable bonds is 7. The molecule has 0 radical (unpaired) electrons. The molecule has 0 saturated heterocycles. The first-order valence-electron chi connectivity index (χ1n) is 12.3. The monoisotopic (exact) mass is 522 g/mol. The van der Waals surface area contributed by atoms with E-state index in [4.69, 9.17) is 10.5 Å². The summed E-state index contributed by atoms with van der Waals surface area (Å²) in [6, 6.07) is 6.59. The van der Waals surface area contributed by atoms with Crippen LogP contribution in [0, 0.1) is 5.41 Å². The number of H-pyrrole nitrogens is 1. The number of hydrogen-bond acceptors (Lipinski definition) is 5. The van der Waals surface area contributed by atoms with Crippen molar-refractivity contribution < 1.29 is 27.5 Å². The van der Waals surface area contributed by atoms with Gasteiger partial charge in [0.1, 0.15) is 17.9 Å². The van der Waals surface area contributed by atoms with Crippen LogP contribution < -0.4 is 20.2 Å². The zero-order valence-corrected chi connectivity index (χ0v) is 20.5. The maximum Gasteiger partial charge on any atom is 0.337 e. The number of aryl methyl sites for hydroxylation is 1. The Balaban J connectivity index is 1.11. The standard InChI is InChI=1S/C26H25F2N7O3/c1-34-13-30-11-19(34)14-4-5-18-20(33-23(21(27)28)35(18)12-14)24(37)32-15-7-26(8-15)9-16(10-26)38-25-17(22(29)36)3-2-6-31-25/h2-6,11-13,15-16,21H,7-10H2,1H3,(H3,29,32,36,37)/p+1. The second-order valence-corrected chi connectivity index (χ2v) is 10.2. The molecule has 2 aliphatic rings. The highest BCUT2D eigenvalue weighted by molar-refractivity contribution is 5.98. The fourth-order valence-electron chi connectivity index (χ4n) is 5.77. The second kappa shape index (κ2) is 8.89. The molecule has 2 aliphatic carbocycles. The van der Waals surface area contributed by atoms with Crippen LogP contribution in [0.5, 0.6) is 5.88 Å². The van der Waals surface area contributed by atoms with Crippen molar-refractivity contribution in [2.24, 2.45) is 18.2 Å². The molecule has 10 nitrogen and oxygen atoms in total. The third-order valence-corrected chi connectivity index (χ3v) is 7.59. The van der Waals surface area contributed by atoms with E-state index in [1.54, 1.807) is 53.8 Å². The molecule has 2 fully saturated rings. The molecule has 2 saturated carbocycles. The second-order valence-electron chi connectivity index (χ2n) is 10.2. The highest BCUT2D eigenvalue weighted by atomic mass is 19.3. The molecule has 1 spiro atoms. The lowest BCUT2D eigenvalue weighted by Crippen LogP contribution is -2.58. The first-order chi connectivity index (χ1) is 18.2. The number of amides is 2. The van der Waals surface area contributed by atoms with Crippen LogP contribution in [-0.4, -0.2) is 43.5 Å². The van der Waals surface area contributed by atoms with Gasteiger partial charge in [0, 0.05) is 24.8 Å². The number of primary amides is 1. The van der Waals surface area contributed by atoms with E-state index in [9.17, 15) is 18.4 Å². The van der Waals surface area contributed by atoms with Gasteiger partial charge in [-0.2, -0.15) is 13.2 Å². The summed E-state index contributed by atoms with van der Waals surface area (Å²) in [6.45, 7) is 0. The van der Waals surface area contributed by atoms with Gasteiger partial charge in [-0.15, -0.1) is 0 Å². The Morgan fingerprint density at radius 3 is 2.74 bits per heavy atom. The van der Waals surface area contributed by atoms with Crippen LogP contribution in [0.2, 0.25) is 0 Å². The number of carbonyl (C=O) groups excluding carboxylic acids is 2. The molecule has 4 aromatic heterocycles. The minimum absolute atomic E-state index is 0.0585. The van der Waals surface area contributed by atoms with Crippen molar-refractivity contribution in [2.75, 3.05) is 0 Å². The molecule has 0 atom stereocenters. The average Bonchev–Trinajstić information content (AvgIpc) is 3.44. The molecule has 12 heteroatoms. The zero-order chi connectivity index (χ0) is 26.6. The summed E-state index contributed by atoms with van der Waals surface area (Å²) in [7, 11) is 1.82. The molecule has 196 valence electrons. The smallest absolute Gasteiger partial charge is 0.337 e. The van der Waals surface area contributed by atoms with Gasteiger partial charge in [0.15, 0.2) is 5.52 Å². The molecule has 4 heterocycles. The summed E-state index contributed by atoms with van der Waals surface area (Å²) in [6.07, 6.45) is 6.63. The van der Waals surface area contributed by atoms with Gasteiger partial charge in [-0.25, -0.2) is 15.0 Å². The van der Waals surface area contributed by atoms with Gasteiger partial charge in [0.05, 0.1) is 18.2 Å². The van der Waals surface area contributed by atoms with Crippen LogP contribution in [0.25, 0.3) is 16.8 Å². The molecule has 4 N–H and O–H groups in total. The molecular weight excluding hydrogens is 496 g/mol. The van der Waals surface area contributed by atoms with E-state index >= 15 is 0 Å². The Labute approximate surface area is 215 Å². The molecule has 6 rings (SSSR count). The van der Waals surface area contributed by atoms with Crippen LogP contribution in [0.4, 0.5) is 8.78 Å². The topological polar surface area (TPSA) is 132 Å². The fourth-order valence-corrected chi connectivity index (χ4v) is 5.77. The number of fused-ring (bicyclic) bond motifs is 1. The van der Waals surface area contributed by atoms with Gasteiger partial charge in [-0.1, -0.05) is 0 Å². The van der Waals surface area contributed by atoms with Crippen molar-refractivity contribution in [1.82, 2.24) is 24.8 Å². The number of nitrogens with zero attached hydrogens (tertiary/aromatic N) is 4. The van der Waals surface area contributed by atoms with Crippen molar-refractivity contribution in [2.45, 2.75) is 44.3 Å². The lowest BCUT2D eigenvalue weighted by atomic mass is 9.53. The van der Waals surface area contributed by atoms with E-state index in [2.05, 4.69) is 20.3 Å². The van der Waals surface area contributed by atoms with E-state index in [0.717, 1.165) is 31.4 Å². The molecular formula is C26H26F2N7O3+. The van der Waals surface area contributed by atoms with Crippen molar-refractivity contribution in [3.05, 3.63) is 66.3 Å². The largest absolute Gasteiger partial charge is 0.474 e. The number of imidazole rings is 2. The van der Waals surface area contributed by atoms with E-state index in [1.165, 1.54) is 4.40 Å². The maximum atomic E-state index is 13.8. The van der Waals surface area contributed by atoms with E-state index in [-0.39, 0.29) is 40.5 Å². The number of carbonyl (C=O) groups is 2. The Morgan fingerprint density at radius 2 is 2.05 bits per heavy atom. The zero-order valence-electron chi connectivity index (χ0n) is 20.5. The molecule has 38 heavy (non-hydrogen) atoms. The van der Waals surface area contributed by atoms with Crippen LogP contribution >= 0.6 is 0 Å².